The van der Waals surface area contributed by atoms with Crippen LogP contribution in [0.25, 0.3) is 0 Å². The maximum Gasteiger partial charge on any atom is 0.258 e. The lowest BCUT2D eigenvalue weighted by Crippen LogP contribution is -2.43. The Hall–Kier alpha value is -4.19. The number of benzene rings is 1. The van der Waals surface area contributed by atoms with E-state index in [1.807, 2.05) is 0 Å². The van der Waals surface area contributed by atoms with Crippen molar-refractivity contribution in [3.05, 3.63) is 71.3 Å². The first kappa shape index (κ1) is 24.9. The summed E-state index contributed by atoms with van der Waals surface area (Å²) >= 11 is 0. The zero-order valence-corrected chi connectivity index (χ0v) is 19.0. The van der Waals surface area contributed by atoms with Gasteiger partial charge in [0.1, 0.15) is 17.5 Å². The molecule has 9 nitrogen and oxygen atoms in total. The number of primary amides is 1. The van der Waals surface area contributed by atoms with Gasteiger partial charge in [-0.3, -0.25) is 14.6 Å². The number of hydrogen-bond acceptors (Lipinski definition) is 7. The molecule has 1 aliphatic rings. The highest BCUT2D eigenvalue weighted by Gasteiger charge is 2.24. The van der Waals surface area contributed by atoms with E-state index in [-0.39, 0.29) is 46.2 Å². The van der Waals surface area contributed by atoms with Gasteiger partial charge in [0.25, 0.3) is 11.8 Å². The zero-order chi connectivity index (χ0) is 25.8. The van der Waals surface area contributed by atoms with Crippen molar-refractivity contribution in [2.75, 3.05) is 16.0 Å². The molecule has 3 aromatic rings. The van der Waals surface area contributed by atoms with Crippen LogP contribution in [0.15, 0.2) is 42.7 Å². The summed E-state index contributed by atoms with van der Waals surface area (Å²) in [6, 6.07) is 4.65. The molecular weight excluding hydrogens is 475 g/mol. The van der Waals surface area contributed by atoms with Crippen LogP contribution >= 0.6 is 0 Å². The van der Waals surface area contributed by atoms with Gasteiger partial charge >= 0.3 is 0 Å². The molecule has 4 rings (SSSR count). The SMILES string of the molecule is NC(=O)c1cc(F)c(NC2CCCC[C@@H]2N)nc1Nc1cncc(NC(=O)c2ccc(F)cc2F)c1. The Morgan fingerprint density at radius 3 is 2.39 bits per heavy atom. The molecule has 2 aromatic heterocycles. The van der Waals surface area contributed by atoms with Gasteiger partial charge in [0.05, 0.1) is 34.9 Å². The number of carbonyl (C=O) groups excluding carboxylic acids is 2. The molecule has 2 atom stereocenters. The number of anilines is 4. The monoisotopic (exact) mass is 499 g/mol. The summed E-state index contributed by atoms with van der Waals surface area (Å²) in [5.74, 6) is -4.44. The maximum absolute atomic E-state index is 14.7. The Labute approximate surface area is 204 Å². The summed E-state index contributed by atoms with van der Waals surface area (Å²) in [4.78, 5) is 32.6. The van der Waals surface area contributed by atoms with Crippen molar-refractivity contribution in [3.63, 3.8) is 0 Å². The van der Waals surface area contributed by atoms with E-state index in [2.05, 4.69) is 25.9 Å². The van der Waals surface area contributed by atoms with Gasteiger partial charge in [-0.25, -0.2) is 18.2 Å². The molecule has 0 radical (unpaired) electrons. The van der Waals surface area contributed by atoms with Gasteiger partial charge in [0.2, 0.25) is 0 Å². The van der Waals surface area contributed by atoms with Crippen molar-refractivity contribution in [2.24, 2.45) is 11.5 Å². The summed E-state index contributed by atoms with van der Waals surface area (Å²) in [6.45, 7) is 0. The maximum atomic E-state index is 14.7. The first-order chi connectivity index (χ1) is 17.2. The second-order valence-electron chi connectivity index (χ2n) is 8.44. The molecular formula is C24H24F3N7O2. The minimum Gasteiger partial charge on any atom is -0.365 e. The third kappa shape index (κ3) is 5.71. The molecule has 188 valence electrons. The predicted molar refractivity (Wildman–Crippen MR) is 128 cm³/mol. The van der Waals surface area contributed by atoms with Crippen LogP contribution in [0.4, 0.5) is 36.2 Å². The molecule has 12 heteroatoms. The largest absolute Gasteiger partial charge is 0.365 e. The number of pyridine rings is 2. The highest BCUT2D eigenvalue weighted by Crippen LogP contribution is 2.27. The van der Waals surface area contributed by atoms with Gasteiger partial charge in [-0.05, 0) is 37.1 Å². The number of nitrogens with one attached hydrogen (secondary N) is 3. The number of aromatic nitrogens is 2. The van der Waals surface area contributed by atoms with E-state index in [1.54, 1.807) is 0 Å². The Bertz CT molecular complexity index is 1300. The van der Waals surface area contributed by atoms with E-state index < -0.39 is 29.3 Å². The van der Waals surface area contributed by atoms with Gasteiger partial charge in [0, 0.05) is 18.2 Å². The summed E-state index contributed by atoms with van der Waals surface area (Å²) < 4.78 is 41.8. The minimum absolute atomic E-state index is 0.0364. The molecule has 0 saturated heterocycles. The molecule has 0 spiro atoms. The number of amides is 2. The molecule has 0 aliphatic heterocycles. The van der Waals surface area contributed by atoms with Crippen LogP contribution < -0.4 is 27.4 Å². The lowest BCUT2D eigenvalue weighted by molar-refractivity contribution is 0.0997. The van der Waals surface area contributed by atoms with E-state index in [0.29, 0.717) is 6.07 Å². The van der Waals surface area contributed by atoms with Crippen molar-refractivity contribution in [2.45, 2.75) is 37.8 Å². The fourth-order valence-electron chi connectivity index (χ4n) is 3.97. The normalized spacial score (nSPS) is 17.3. The fraction of sp³-hybridized carbons (Fsp3) is 0.250. The number of hydrogen-bond donors (Lipinski definition) is 5. The third-order valence-corrected chi connectivity index (χ3v) is 5.82. The molecule has 7 N–H and O–H groups in total. The summed E-state index contributed by atoms with van der Waals surface area (Å²) in [5, 5.41) is 8.33. The average molecular weight is 499 g/mol. The Balaban J connectivity index is 1.57. The molecule has 0 bridgehead atoms. The predicted octanol–water partition coefficient (Wildman–Crippen LogP) is 3.67. The quantitative estimate of drug-likeness (QED) is 0.333. The smallest absolute Gasteiger partial charge is 0.258 e. The first-order valence-electron chi connectivity index (χ1n) is 11.2. The summed E-state index contributed by atoms with van der Waals surface area (Å²) in [6.07, 6.45) is 6.17. The molecule has 1 saturated carbocycles. The summed E-state index contributed by atoms with van der Waals surface area (Å²) in [7, 11) is 0. The Morgan fingerprint density at radius 2 is 1.67 bits per heavy atom. The molecule has 1 aliphatic carbocycles. The number of rotatable bonds is 7. The van der Waals surface area contributed by atoms with Gasteiger partial charge in [0.15, 0.2) is 11.6 Å². The van der Waals surface area contributed by atoms with E-state index >= 15 is 0 Å². The van der Waals surface area contributed by atoms with Crippen LogP contribution in [-0.4, -0.2) is 33.9 Å². The lowest BCUT2D eigenvalue weighted by Gasteiger charge is -2.30. The second-order valence-corrected chi connectivity index (χ2v) is 8.44. The molecule has 1 aromatic carbocycles. The van der Waals surface area contributed by atoms with Crippen LogP contribution in [0.3, 0.4) is 0 Å². The Kier molecular flexibility index (Phi) is 7.34. The van der Waals surface area contributed by atoms with Crippen molar-refractivity contribution >= 4 is 34.8 Å². The van der Waals surface area contributed by atoms with E-state index in [4.69, 9.17) is 11.5 Å². The lowest BCUT2D eigenvalue weighted by atomic mass is 9.91. The molecule has 2 amide bonds. The van der Waals surface area contributed by atoms with Gasteiger partial charge < -0.3 is 27.4 Å². The van der Waals surface area contributed by atoms with Crippen molar-refractivity contribution < 1.29 is 22.8 Å². The second kappa shape index (κ2) is 10.6. The van der Waals surface area contributed by atoms with Crippen LogP contribution in [-0.2, 0) is 0 Å². The average Bonchev–Trinajstić information content (AvgIpc) is 2.82. The number of halogens is 3. The summed E-state index contributed by atoms with van der Waals surface area (Å²) in [5.41, 5.74) is 11.4. The number of nitrogens with two attached hydrogens (primary N) is 2. The van der Waals surface area contributed by atoms with Crippen LogP contribution in [0.1, 0.15) is 46.4 Å². The minimum atomic E-state index is -1.02. The number of carbonyl (C=O) groups is 2. The van der Waals surface area contributed by atoms with Crippen molar-refractivity contribution in [1.29, 1.82) is 0 Å². The third-order valence-electron chi connectivity index (χ3n) is 5.82. The van der Waals surface area contributed by atoms with Gasteiger partial charge in [-0.15, -0.1) is 0 Å². The highest BCUT2D eigenvalue weighted by atomic mass is 19.1. The molecule has 1 unspecified atom stereocenters. The first-order valence-corrected chi connectivity index (χ1v) is 11.2. The topological polar surface area (TPSA) is 148 Å². The molecule has 36 heavy (non-hydrogen) atoms. The molecule has 2 heterocycles. The van der Waals surface area contributed by atoms with Crippen molar-refractivity contribution in [3.8, 4) is 0 Å². The molecule has 1 fully saturated rings. The van der Waals surface area contributed by atoms with Crippen LogP contribution in [0.5, 0.6) is 0 Å². The standard InChI is InChI=1S/C24H24F3N7O2/c25-12-5-6-15(17(26)7-12)24(36)32-14-8-13(10-30-11-14)31-22-16(21(29)35)9-18(27)23(34-22)33-20-4-2-1-3-19(20)28/h5-11,19-20H,1-4,28H2,(H2,29,35)(H,32,36)(H2,31,33,34)/t19-,20?/m0/s1. The Morgan fingerprint density at radius 1 is 0.917 bits per heavy atom. The van der Waals surface area contributed by atoms with Crippen LogP contribution in [0.2, 0.25) is 0 Å². The van der Waals surface area contributed by atoms with E-state index in [0.717, 1.165) is 43.9 Å². The van der Waals surface area contributed by atoms with E-state index in [9.17, 15) is 22.8 Å². The van der Waals surface area contributed by atoms with Crippen LogP contribution in [0, 0.1) is 17.5 Å². The number of nitrogens with zero attached hydrogens (tertiary/aromatic N) is 2. The highest BCUT2D eigenvalue weighted by molar-refractivity contribution is 6.04. The zero-order valence-electron chi connectivity index (χ0n) is 19.0. The fourth-order valence-corrected chi connectivity index (χ4v) is 3.97. The van der Waals surface area contributed by atoms with Gasteiger partial charge in [-0.2, -0.15) is 0 Å². The van der Waals surface area contributed by atoms with Gasteiger partial charge in [-0.1, -0.05) is 12.8 Å². The van der Waals surface area contributed by atoms with E-state index in [1.165, 1.54) is 18.5 Å². The van der Waals surface area contributed by atoms with Crippen molar-refractivity contribution in [1.82, 2.24) is 9.97 Å².